The SMILES string of the molecule is C=C(C)CC(N)c1cccc(Br)c1C. The summed E-state index contributed by atoms with van der Waals surface area (Å²) in [6.07, 6.45) is 0.845. The van der Waals surface area contributed by atoms with E-state index in [0.717, 1.165) is 16.5 Å². The van der Waals surface area contributed by atoms with Gasteiger partial charge in [0.15, 0.2) is 0 Å². The maximum Gasteiger partial charge on any atom is 0.0335 e. The van der Waals surface area contributed by atoms with E-state index in [9.17, 15) is 0 Å². The highest BCUT2D eigenvalue weighted by molar-refractivity contribution is 9.10. The minimum atomic E-state index is 0.0602. The molecule has 1 rings (SSSR count). The van der Waals surface area contributed by atoms with Crippen LogP contribution in [0.4, 0.5) is 0 Å². The Morgan fingerprint density at radius 2 is 2.21 bits per heavy atom. The van der Waals surface area contributed by atoms with Gasteiger partial charge in [-0.1, -0.05) is 33.6 Å². The molecule has 2 heteroatoms. The van der Waals surface area contributed by atoms with Crippen LogP contribution in [-0.2, 0) is 0 Å². The summed E-state index contributed by atoms with van der Waals surface area (Å²) in [6, 6.07) is 6.19. The van der Waals surface area contributed by atoms with Crippen molar-refractivity contribution in [1.82, 2.24) is 0 Å². The van der Waals surface area contributed by atoms with E-state index in [-0.39, 0.29) is 6.04 Å². The van der Waals surface area contributed by atoms with Gasteiger partial charge in [-0.05, 0) is 37.5 Å². The number of halogens is 1. The van der Waals surface area contributed by atoms with Crippen molar-refractivity contribution in [3.8, 4) is 0 Å². The highest BCUT2D eigenvalue weighted by Crippen LogP contribution is 2.26. The van der Waals surface area contributed by atoms with Crippen LogP contribution in [0.25, 0.3) is 0 Å². The quantitative estimate of drug-likeness (QED) is 0.817. The van der Waals surface area contributed by atoms with E-state index in [1.165, 1.54) is 11.1 Å². The number of benzene rings is 1. The molecule has 0 saturated heterocycles. The van der Waals surface area contributed by atoms with Crippen LogP contribution >= 0.6 is 15.9 Å². The molecule has 76 valence electrons. The van der Waals surface area contributed by atoms with E-state index in [1.54, 1.807) is 0 Å². The highest BCUT2D eigenvalue weighted by Gasteiger charge is 2.10. The zero-order chi connectivity index (χ0) is 10.7. The molecule has 0 spiro atoms. The van der Waals surface area contributed by atoms with Crippen molar-refractivity contribution in [2.24, 2.45) is 5.73 Å². The highest BCUT2D eigenvalue weighted by atomic mass is 79.9. The van der Waals surface area contributed by atoms with Gasteiger partial charge >= 0.3 is 0 Å². The van der Waals surface area contributed by atoms with Crippen LogP contribution in [0.3, 0.4) is 0 Å². The summed E-state index contributed by atoms with van der Waals surface area (Å²) in [7, 11) is 0. The first-order valence-electron chi connectivity index (χ1n) is 4.67. The van der Waals surface area contributed by atoms with E-state index in [0.29, 0.717) is 0 Å². The molecule has 0 amide bonds. The molecule has 0 aliphatic carbocycles. The van der Waals surface area contributed by atoms with Crippen LogP contribution < -0.4 is 5.73 Å². The lowest BCUT2D eigenvalue weighted by molar-refractivity contribution is 0.711. The predicted molar refractivity (Wildman–Crippen MR) is 65.2 cm³/mol. The summed E-state index contributed by atoms with van der Waals surface area (Å²) in [5, 5.41) is 0. The molecule has 0 bridgehead atoms. The van der Waals surface area contributed by atoms with E-state index < -0.39 is 0 Å². The molecule has 0 aliphatic rings. The third kappa shape index (κ3) is 2.69. The second-order valence-corrected chi connectivity index (χ2v) is 4.58. The van der Waals surface area contributed by atoms with Crippen molar-refractivity contribution in [2.75, 3.05) is 0 Å². The van der Waals surface area contributed by atoms with Crippen LogP contribution in [0.5, 0.6) is 0 Å². The summed E-state index contributed by atoms with van der Waals surface area (Å²) in [5.74, 6) is 0. The van der Waals surface area contributed by atoms with Crippen molar-refractivity contribution in [3.05, 3.63) is 46.0 Å². The molecule has 1 nitrogen and oxygen atoms in total. The van der Waals surface area contributed by atoms with E-state index in [2.05, 4.69) is 35.5 Å². The fourth-order valence-electron chi connectivity index (χ4n) is 1.51. The number of nitrogens with two attached hydrogens (primary N) is 1. The van der Waals surface area contributed by atoms with E-state index in [1.807, 2.05) is 19.1 Å². The Morgan fingerprint density at radius 3 is 2.79 bits per heavy atom. The Labute approximate surface area is 94.1 Å². The van der Waals surface area contributed by atoms with Gasteiger partial charge in [0.2, 0.25) is 0 Å². The molecular weight excluding hydrogens is 238 g/mol. The summed E-state index contributed by atoms with van der Waals surface area (Å²) in [4.78, 5) is 0. The van der Waals surface area contributed by atoms with Gasteiger partial charge in [0.1, 0.15) is 0 Å². The molecule has 0 heterocycles. The topological polar surface area (TPSA) is 26.0 Å². The number of hydrogen-bond donors (Lipinski definition) is 1. The van der Waals surface area contributed by atoms with Crippen LogP contribution in [0, 0.1) is 6.92 Å². The smallest absolute Gasteiger partial charge is 0.0335 e. The summed E-state index contributed by atoms with van der Waals surface area (Å²) in [5.41, 5.74) is 9.63. The molecule has 1 atom stereocenters. The van der Waals surface area contributed by atoms with Gasteiger partial charge in [0.25, 0.3) is 0 Å². The number of hydrogen-bond acceptors (Lipinski definition) is 1. The third-order valence-electron chi connectivity index (χ3n) is 2.28. The zero-order valence-corrected chi connectivity index (χ0v) is 10.3. The average Bonchev–Trinajstić information content (AvgIpc) is 2.08. The molecular formula is C12H16BrN. The molecule has 0 saturated carbocycles. The van der Waals surface area contributed by atoms with Gasteiger partial charge in [-0.15, -0.1) is 6.58 Å². The standard InChI is InChI=1S/C12H16BrN/c1-8(2)7-12(14)10-5-4-6-11(13)9(10)3/h4-6,12H,1,7,14H2,2-3H3. The molecule has 0 aliphatic heterocycles. The fraction of sp³-hybridized carbons (Fsp3) is 0.333. The molecule has 14 heavy (non-hydrogen) atoms. The Morgan fingerprint density at radius 1 is 1.57 bits per heavy atom. The first-order valence-corrected chi connectivity index (χ1v) is 5.46. The zero-order valence-electron chi connectivity index (χ0n) is 8.68. The molecule has 0 fully saturated rings. The molecule has 0 aromatic heterocycles. The summed E-state index contributed by atoms with van der Waals surface area (Å²) >= 11 is 3.50. The van der Waals surface area contributed by atoms with Crippen LogP contribution in [0.2, 0.25) is 0 Å². The Bertz CT molecular complexity index is 344. The molecule has 1 aromatic carbocycles. The summed E-state index contributed by atoms with van der Waals surface area (Å²) < 4.78 is 1.12. The normalized spacial score (nSPS) is 12.6. The first kappa shape index (κ1) is 11.5. The molecule has 0 radical (unpaired) electrons. The second-order valence-electron chi connectivity index (χ2n) is 3.72. The van der Waals surface area contributed by atoms with Crippen molar-refractivity contribution in [3.63, 3.8) is 0 Å². The average molecular weight is 254 g/mol. The first-order chi connectivity index (χ1) is 6.52. The lowest BCUT2D eigenvalue weighted by Crippen LogP contribution is -2.12. The minimum Gasteiger partial charge on any atom is -0.324 e. The molecule has 1 aromatic rings. The van der Waals surface area contributed by atoms with Crippen LogP contribution in [0.1, 0.15) is 30.5 Å². The maximum atomic E-state index is 6.08. The van der Waals surface area contributed by atoms with Crippen molar-refractivity contribution in [1.29, 1.82) is 0 Å². The van der Waals surface area contributed by atoms with Gasteiger partial charge in [-0.3, -0.25) is 0 Å². The van der Waals surface area contributed by atoms with Gasteiger partial charge in [-0.25, -0.2) is 0 Å². The van der Waals surface area contributed by atoms with Gasteiger partial charge < -0.3 is 5.73 Å². The minimum absolute atomic E-state index is 0.0602. The largest absolute Gasteiger partial charge is 0.324 e. The van der Waals surface area contributed by atoms with Crippen molar-refractivity contribution >= 4 is 15.9 Å². The van der Waals surface area contributed by atoms with Crippen LogP contribution in [-0.4, -0.2) is 0 Å². The maximum absolute atomic E-state index is 6.08. The molecule has 2 N–H and O–H groups in total. The number of rotatable bonds is 3. The Balaban J connectivity index is 2.95. The predicted octanol–water partition coefficient (Wildman–Crippen LogP) is 3.72. The van der Waals surface area contributed by atoms with Gasteiger partial charge in [0, 0.05) is 10.5 Å². The monoisotopic (exact) mass is 253 g/mol. The van der Waals surface area contributed by atoms with Gasteiger partial charge in [0.05, 0.1) is 0 Å². The summed E-state index contributed by atoms with van der Waals surface area (Å²) in [6.45, 7) is 7.97. The Kier molecular flexibility index (Phi) is 3.90. The van der Waals surface area contributed by atoms with Crippen molar-refractivity contribution < 1.29 is 0 Å². The second kappa shape index (κ2) is 4.76. The van der Waals surface area contributed by atoms with Crippen molar-refractivity contribution in [2.45, 2.75) is 26.3 Å². The van der Waals surface area contributed by atoms with E-state index in [4.69, 9.17) is 5.73 Å². The van der Waals surface area contributed by atoms with E-state index >= 15 is 0 Å². The lowest BCUT2D eigenvalue weighted by Gasteiger charge is -2.15. The molecule has 1 unspecified atom stereocenters. The fourth-order valence-corrected chi connectivity index (χ4v) is 1.89. The lowest BCUT2D eigenvalue weighted by atomic mass is 9.97. The van der Waals surface area contributed by atoms with Crippen LogP contribution in [0.15, 0.2) is 34.8 Å². The van der Waals surface area contributed by atoms with Gasteiger partial charge in [-0.2, -0.15) is 0 Å². The Hall–Kier alpha value is -0.600. The third-order valence-corrected chi connectivity index (χ3v) is 3.14.